The molecule has 0 aromatic carbocycles. The van der Waals surface area contributed by atoms with E-state index in [1.54, 1.807) is 0 Å². The van der Waals surface area contributed by atoms with Crippen molar-refractivity contribution in [3.05, 3.63) is 0 Å². The molecule has 0 aliphatic carbocycles. The van der Waals surface area contributed by atoms with Gasteiger partial charge in [0.1, 0.15) is 6.04 Å². The first-order chi connectivity index (χ1) is 7.76. The minimum Gasteiger partial charge on any atom is -0.468 e. The molecule has 0 saturated heterocycles. The molecule has 100 valence electrons. The normalized spacial score (nSPS) is 16.2. The quantitative estimate of drug-likeness (QED) is 0.627. The Morgan fingerprint density at radius 2 is 1.82 bits per heavy atom. The summed E-state index contributed by atoms with van der Waals surface area (Å²) in [7, 11) is 2.48. The lowest BCUT2D eigenvalue weighted by Gasteiger charge is -2.25. The Hall–Kier alpha value is -1.14. The number of hydrogen-bond acceptors (Lipinski definition) is 6. The van der Waals surface area contributed by atoms with Crippen LogP contribution in [0.1, 0.15) is 20.8 Å². The summed E-state index contributed by atoms with van der Waals surface area (Å²) >= 11 is 0. The van der Waals surface area contributed by atoms with Gasteiger partial charge in [-0.1, -0.05) is 13.8 Å². The number of methoxy groups -OCH3 is 2. The first-order valence-electron chi connectivity index (χ1n) is 5.38. The topological polar surface area (TPSA) is 84.9 Å². The summed E-state index contributed by atoms with van der Waals surface area (Å²) in [6.07, 6.45) is 0. The SMILES string of the molecule is COC(=O)C(NCC(C)(O)C(=O)OC)C(C)C. The number of carbonyl (C=O) groups excluding carboxylic acids is 2. The van der Waals surface area contributed by atoms with Crippen molar-refractivity contribution in [2.45, 2.75) is 32.4 Å². The minimum atomic E-state index is -1.67. The molecule has 2 atom stereocenters. The lowest BCUT2D eigenvalue weighted by atomic mass is 10.0. The molecule has 0 radical (unpaired) electrons. The van der Waals surface area contributed by atoms with Crippen LogP contribution in [-0.2, 0) is 19.1 Å². The van der Waals surface area contributed by atoms with Crippen LogP contribution in [0.3, 0.4) is 0 Å². The Morgan fingerprint density at radius 3 is 2.18 bits per heavy atom. The number of aliphatic hydroxyl groups is 1. The van der Waals surface area contributed by atoms with Crippen LogP contribution in [0.25, 0.3) is 0 Å². The van der Waals surface area contributed by atoms with Crippen molar-refractivity contribution in [2.24, 2.45) is 5.92 Å². The predicted molar refractivity (Wildman–Crippen MR) is 61.3 cm³/mol. The molecule has 0 aromatic heterocycles. The molecule has 0 bridgehead atoms. The van der Waals surface area contributed by atoms with Gasteiger partial charge in [-0.05, 0) is 12.8 Å². The van der Waals surface area contributed by atoms with Gasteiger partial charge in [-0.2, -0.15) is 0 Å². The van der Waals surface area contributed by atoms with E-state index in [2.05, 4.69) is 14.8 Å². The number of nitrogens with one attached hydrogen (secondary N) is 1. The lowest BCUT2D eigenvalue weighted by Crippen LogP contribution is -2.52. The van der Waals surface area contributed by atoms with Gasteiger partial charge < -0.3 is 19.9 Å². The van der Waals surface area contributed by atoms with Crippen molar-refractivity contribution in [3.8, 4) is 0 Å². The maximum Gasteiger partial charge on any atom is 0.338 e. The van der Waals surface area contributed by atoms with E-state index in [0.717, 1.165) is 0 Å². The Labute approximate surface area is 101 Å². The molecule has 0 amide bonds. The van der Waals surface area contributed by atoms with Crippen molar-refractivity contribution in [1.82, 2.24) is 5.32 Å². The van der Waals surface area contributed by atoms with Gasteiger partial charge in [-0.3, -0.25) is 4.79 Å². The van der Waals surface area contributed by atoms with E-state index in [1.165, 1.54) is 21.1 Å². The molecule has 0 aromatic rings. The highest BCUT2D eigenvalue weighted by molar-refractivity contribution is 5.79. The number of rotatable bonds is 6. The Bertz CT molecular complexity index is 275. The maximum absolute atomic E-state index is 11.4. The van der Waals surface area contributed by atoms with Gasteiger partial charge in [0.25, 0.3) is 0 Å². The van der Waals surface area contributed by atoms with Crippen LogP contribution in [-0.4, -0.2) is 49.5 Å². The van der Waals surface area contributed by atoms with E-state index in [9.17, 15) is 14.7 Å². The van der Waals surface area contributed by atoms with E-state index in [4.69, 9.17) is 0 Å². The van der Waals surface area contributed by atoms with Crippen molar-refractivity contribution in [3.63, 3.8) is 0 Å². The number of hydrogen-bond donors (Lipinski definition) is 2. The highest BCUT2D eigenvalue weighted by Gasteiger charge is 2.33. The maximum atomic E-state index is 11.4. The van der Waals surface area contributed by atoms with Crippen LogP contribution < -0.4 is 5.32 Å². The van der Waals surface area contributed by atoms with Crippen LogP contribution in [0.5, 0.6) is 0 Å². The largest absolute Gasteiger partial charge is 0.468 e. The zero-order valence-corrected chi connectivity index (χ0v) is 10.9. The molecule has 0 heterocycles. The molecule has 2 unspecified atom stereocenters. The van der Waals surface area contributed by atoms with Crippen LogP contribution >= 0.6 is 0 Å². The molecule has 0 saturated carbocycles. The summed E-state index contributed by atoms with van der Waals surface area (Å²) in [5.74, 6) is -1.20. The highest BCUT2D eigenvalue weighted by Crippen LogP contribution is 2.08. The van der Waals surface area contributed by atoms with Gasteiger partial charge in [-0.25, -0.2) is 4.79 Å². The average Bonchev–Trinajstić information content (AvgIpc) is 2.26. The first kappa shape index (κ1) is 15.9. The highest BCUT2D eigenvalue weighted by atomic mass is 16.5. The summed E-state index contributed by atoms with van der Waals surface area (Å²) < 4.78 is 9.08. The summed E-state index contributed by atoms with van der Waals surface area (Å²) in [4.78, 5) is 22.7. The number of esters is 2. The Balaban J connectivity index is 4.50. The minimum absolute atomic E-state index is 0.0177. The fourth-order valence-electron chi connectivity index (χ4n) is 1.32. The molecular formula is C11H21NO5. The Morgan fingerprint density at radius 1 is 1.29 bits per heavy atom. The van der Waals surface area contributed by atoms with Gasteiger partial charge in [0.15, 0.2) is 5.60 Å². The second-order valence-electron chi connectivity index (χ2n) is 4.39. The van der Waals surface area contributed by atoms with Crippen molar-refractivity contribution < 1.29 is 24.2 Å². The molecule has 0 rings (SSSR count). The van der Waals surface area contributed by atoms with Crippen molar-refractivity contribution >= 4 is 11.9 Å². The molecule has 0 spiro atoms. The van der Waals surface area contributed by atoms with Crippen LogP contribution in [0, 0.1) is 5.92 Å². The van der Waals surface area contributed by atoms with E-state index in [-0.39, 0.29) is 12.5 Å². The zero-order valence-electron chi connectivity index (χ0n) is 10.9. The second kappa shape index (κ2) is 6.56. The lowest BCUT2D eigenvalue weighted by molar-refractivity contribution is -0.161. The summed E-state index contributed by atoms with van der Waals surface area (Å²) in [6, 6.07) is -0.573. The van der Waals surface area contributed by atoms with Gasteiger partial charge in [0, 0.05) is 6.54 Å². The molecular weight excluding hydrogens is 226 g/mol. The van der Waals surface area contributed by atoms with E-state index >= 15 is 0 Å². The average molecular weight is 247 g/mol. The number of carbonyl (C=O) groups is 2. The third-order valence-corrected chi connectivity index (χ3v) is 2.41. The molecule has 0 aliphatic heterocycles. The first-order valence-corrected chi connectivity index (χ1v) is 5.38. The van der Waals surface area contributed by atoms with Gasteiger partial charge in [0.05, 0.1) is 14.2 Å². The van der Waals surface area contributed by atoms with Gasteiger partial charge >= 0.3 is 11.9 Å². The standard InChI is InChI=1S/C11H21NO5/c1-7(2)8(9(13)16-4)12-6-11(3,15)10(14)17-5/h7-8,12,15H,6H2,1-5H3. The number of ether oxygens (including phenoxy) is 2. The molecule has 0 fully saturated rings. The summed E-state index contributed by atoms with van der Waals surface area (Å²) in [5, 5.41) is 12.6. The van der Waals surface area contributed by atoms with Gasteiger partial charge in [-0.15, -0.1) is 0 Å². The van der Waals surface area contributed by atoms with Crippen LogP contribution in [0.4, 0.5) is 0 Å². The summed E-state index contributed by atoms with van der Waals surface area (Å²) in [6.45, 7) is 4.90. The third-order valence-electron chi connectivity index (χ3n) is 2.41. The Kier molecular flexibility index (Phi) is 6.12. The monoisotopic (exact) mass is 247 g/mol. The molecule has 2 N–H and O–H groups in total. The van der Waals surface area contributed by atoms with Crippen molar-refractivity contribution in [1.29, 1.82) is 0 Å². The third kappa shape index (κ3) is 4.70. The molecule has 6 heteroatoms. The van der Waals surface area contributed by atoms with E-state index in [1.807, 2.05) is 13.8 Å². The molecule has 0 aliphatic rings. The zero-order chi connectivity index (χ0) is 13.6. The summed E-state index contributed by atoms with van der Waals surface area (Å²) in [5.41, 5.74) is -1.67. The molecule has 6 nitrogen and oxygen atoms in total. The van der Waals surface area contributed by atoms with Gasteiger partial charge in [0.2, 0.25) is 0 Å². The smallest absolute Gasteiger partial charge is 0.338 e. The fraction of sp³-hybridized carbons (Fsp3) is 0.818. The fourth-order valence-corrected chi connectivity index (χ4v) is 1.32. The van der Waals surface area contributed by atoms with Crippen LogP contribution in [0.15, 0.2) is 0 Å². The van der Waals surface area contributed by atoms with Crippen molar-refractivity contribution in [2.75, 3.05) is 20.8 Å². The predicted octanol–water partition coefficient (Wildman–Crippen LogP) is -0.302. The second-order valence-corrected chi connectivity index (χ2v) is 4.39. The van der Waals surface area contributed by atoms with E-state index < -0.39 is 23.6 Å². The molecule has 17 heavy (non-hydrogen) atoms. The van der Waals surface area contributed by atoms with E-state index in [0.29, 0.717) is 0 Å². The van der Waals surface area contributed by atoms with Crippen LogP contribution in [0.2, 0.25) is 0 Å².